The molecule has 1 rings (SSSR count). The van der Waals surface area contributed by atoms with Crippen molar-refractivity contribution >= 4 is 23.7 Å². The van der Waals surface area contributed by atoms with E-state index in [9.17, 15) is 13.2 Å². The van der Waals surface area contributed by atoms with Crippen molar-refractivity contribution in [3.8, 4) is 0 Å². The quantitative estimate of drug-likeness (QED) is 0.790. The molecular weight excluding hydrogens is 223 g/mol. The first kappa shape index (κ1) is 12.7. The van der Waals surface area contributed by atoms with Gasteiger partial charge in [-0.25, -0.2) is 0 Å². The third-order valence-electron chi connectivity index (χ3n) is 1.54. The molecule has 0 aromatic carbocycles. The first-order valence-corrected chi connectivity index (χ1v) is 4.17. The van der Waals surface area contributed by atoms with E-state index in [1.54, 1.807) is 18.4 Å². The lowest BCUT2D eigenvalue weighted by Crippen LogP contribution is -2.28. The maximum Gasteiger partial charge on any atom is 0.408 e. The molecule has 6 heteroatoms. The number of hydrogen-bond acceptors (Lipinski definition) is 2. The third-order valence-corrected chi connectivity index (χ3v) is 2.64. The standard InChI is InChI=1S/C7H8F3NS.ClH/c1-4-2-3-12-5(4)6(11)7(8,9)10;/h2-3,6H,11H2,1H3;1H/t6-;/m0./s1. The van der Waals surface area contributed by atoms with E-state index in [-0.39, 0.29) is 17.3 Å². The van der Waals surface area contributed by atoms with Gasteiger partial charge in [-0.15, -0.1) is 23.7 Å². The normalized spacial score (nSPS) is 13.6. The predicted molar refractivity (Wildman–Crippen MR) is 49.3 cm³/mol. The number of rotatable bonds is 1. The molecule has 0 fully saturated rings. The Labute approximate surface area is 84.2 Å². The summed E-state index contributed by atoms with van der Waals surface area (Å²) >= 11 is 1.04. The fourth-order valence-electron chi connectivity index (χ4n) is 0.852. The van der Waals surface area contributed by atoms with Crippen molar-refractivity contribution in [2.75, 3.05) is 0 Å². The van der Waals surface area contributed by atoms with Gasteiger partial charge < -0.3 is 5.73 Å². The molecule has 13 heavy (non-hydrogen) atoms. The number of hydrogen-bond donors (Lipinski definition) is 1. The van der Waals surface area contributed by atoms with Gasteiger partial charge in [-0.1, -0.05) is 0 Å². The first-order valence-electron chi connectivity index (χ1n) is 3.29. The Morgan fingerprint density at radius 3 is 2.31 bits per heavy atom. The minimum Gasteiger partial charge on any atom is -0.316 e. The highest BCUT2D eigenvalue weighted by Gasteiger charge is 2.39. The van der Waals surface area contributed by atoms with Gasteiger partial charge in [-0.05, 0) is 23.9 Å². The molecule has 76 valence electrons. The lowest BCUT2D eigenvalue weighted by atomic mass is 10.2. The van der Waals surface area contributed by atoms with Gasteiger partial charge in [-0.3, -0.25) is 0 Å². The van der Waals surface area contributed by atoms with Crippen LogP contribution in [0.25, 0.3) is 0 Å². The van der Waals surface area contributed by atoms with E-state index in [1.165, 1.54) is 0 Å². The minimum absolute atomic E-state index is 0. The zero-order chi connectivity index (χ0) is 9.35. The number of halogens is 4. The highest BCUT2D eigenvalue weighted by Crippen LogP contribution is 2.34. The average Bonchev–Trinajstić information content (AvgIpc) is 2.31. The molecule has 1 heterocycles. The molecule has 1 aromatic rings. The van der Waals surface area contributed by atoms with Crippen molar-refractivity contribution in [3.05, 3.63) is 21.9 Å². The summed E-state index contributed by atoms with van der Waals surface area (Å²) in [6.45, 7) is 1.62. The molecule has 1 nitrogen and oxygen atoms in total. The van der Waals surface area contributed by atoms with Crippen LogP contribution in [0.4, 0.5) is 13.2 Å². The monoisotopic (exact) mass is 231 g/mol. The first-order chi connectivity index (χ1) is 5.43. The molecule has 0 unspecified atom stereocenters. The van der Waals surface area contributed by atoms with Gasteiger partial charge >= 0.3 is 6.18 Å². The van der Waals surface area contributed by atoms with Crippen LogP contribution in [0.2, 0.25) is 0 Å². The minimum atomic E-state index is -4.34. The van der Waals surface area contributed by atoms with Crippen molar-refractivity contribution in [1.82, 2.24) is 0 Å². The molecule has 0 bridgehead atoms. The summed E-state index contributed by atoms with van der Waals surface area (Å²) in [5.74, 6) is 0. The topological polar surface area (TPSA) is 26.0 Å². The zero-order valence-electron chi connectivity index (χ0n) is 6.76. The SMILES string of the molecule is Cc1ccsc1[C@H](N)C(F)(F)F.Cl. The van der Waals surface area contributed by atoms with Crippen molar-refractivity contribution in [2.45, 2.75) is 19.1 Å². The summed E-state index contributed by atoms with van der Waals surface area (Å²) in [6, 6.07) is -0.205. The van der Waals surface area contributed by atoms with Gasteiger partial charge in [0.1, 0.15) is 6.04 Å². The Morgan fingerprint density at radius 1 is 1.46 bits per heavy atom. The molecular formula is C7H9ClF3NS. The van der Waals surface area contributed by atoms with Crippen molar-refractivity contribution in [3.63, 3.8) is 0 Å². The molecule has 1 aromatic heterocycles. The Hall–Kier alpha value is -0.260. The smallest absolute Gasteiger partial charge is 0.316 e. The molecule has 0 aliphatic rings. The van der Waals surface area contributed by atoms with Gasteiger partial charge in [0.15, 0.2) is 0 Å². The van der Waals surface area contributed by atoms with Gasteiger partial charge in [0, 0.05) is 4.88 Å². The van der Waals surface area contributed by atoms with E-state index in [0.717, 1.165) is 11.3 Å². The second-order valence-corrected chi connectivity index (χ2v) is 3.43. The van der Waals surface area contributed by atoms with E-state index >= 15 is 0 Å². The lowest BCUT2D eigenvalue weighted by molar-refractivity contribution is -0.148. The number of thiophene rings is 1. The summed E-state index contributed by atoms with van der Waals surface area (Å²) in [6.07, 6.45) is -4.34. The molecule has 0 saturated carbocycles. The van der Waals surface area contributed by atoms with Gasteiger partial charge in [0.2, 0.25) is 0 Å². The van der Waals surface area contributed by atoms with E-state index in [2.05, 4.69) is 0 Å². The van der Waals surface area contributed by atoms with Crippen LogP contribution in [0.1, 0.15) is 16.5 Å². The van der Waals surface area contributed by atoms with Crippen molar-refractivity contribution in [1.29, 1.82) is 0 Å². The van der Waals surface area contributed by atoms with Crippen LogP contribution >= 0.6 is 23.7 Å². The van der Waals surface area contributed by atoms with Crippen LogP contribution in [-0.2, 0) is 0 Å². The fraction of sp³-hybridized carbons (Fsp3) is 0.429. The largest absolute Gasteiger partial charge is 0.408 e. The van der Waals surface area contributed by atoms with Crippen LogP contribution in [0.3, 0.4) is 0 Å². The zero-order valence-corrected chi connectivity index (χ0v) is 8.39. The molecule has 0 aliphatic carbocycles. The number of aryl methyl sites for hydroxylation is 1. The van der Waals surface area contributed by atoms with E-state index in [0.29, 0.717) is 5.56 Å². The highest BCUT2D eigenvalue weighted by atomic mass is 35.5. The summed E-state index contributed by atoms with van der Waals surface area (Å²) in [5, 5.41) is 1.61. The molecule has 0 spiro atoms. The maximum absolute atomic E-state index is 12.1. The summed E-state index contributed by atoms with van der Waals surface area (Å²) in [4.78, 5) is 0.197. The summed E-state index contributed by atoms with van der Waals surface area (Å²) in [5.41, 5.74) is 5.60. The lowest BCUT2D eigenvalue weighted by Gasteiger charge is -2.14. The molecule has 0 amide bonds. The second kappa shape index (κ2) is 4.30. The van der Waals surface area contributed by atoms with E-state index < -0.39 is 12.2 Å². The van der Waals surface area contributed by atoms with Gasteiger partial charge in [-0.2, -0.15) is 13.2 Å². The van der Waals surface area contributed by atoms with Crippen molar-refractivity contribution < 1.29 is 13.2 Å². The Balaban J connectivity index is 0.00000144. The average molecular weight is 232 g/mol. The van der Waals surface area contributed by atoms with E-state index in [1.807, 2.05) is 0 Å². The molecule has 0 aliphatic heterocycles. The van der Waals surface area contributed by atoms with Crippen LogP contribution in [0, 0.1) is 6.92 Å². The second-order valence-electron chi connectivity index (χ2n) is 2.49. The van der Waals surface area contributed by atoms with Crippen LogP contribution < -0.4 is 5.73 Å². The van der Waals surface area contributed by atoms with Gasteiger partial charge in [0.25, 0.3) is 0 Å². The van der Waals surface area contributed by atoms with Gasteiger partial charge in [0.05, 0.1) is 0 Å². The van der Waals surface area contributed by atoms with Crippen LogP contribution in [0.5, 0.6) is 0 Å². The predicted octanol–water partition coefficient (Wildman–Crippen LogP) is 3.04. The van der Waals surface area contributed by atoms with E-state index in [4.69, 9.17) is 5.73 Å². The highest BCUT2D eigenvalue weighted by molar-refractivity contribution is 7.10. The third kappa shape index (κ3) is 2.86. The maximum atomic E-state index is 12.1. The Morgan fingerprint density at radius 2 is 2.00 bits per heavy atom. The van der Waals surface area contributed by atoms with Crippen LogP contribution in [-0.4, -0.2) is 6.18 Å². The summed E-state index contributed by atoms with van der Waals surface area (Å²) < 4.78 is 36.2. The fourth-order valence-corrected chi connectivity index (χ4v) is 1.80. The Kier molecular flexibility index (Phi) is 4.22. The van der Waals surface area contributed by atoms with Crippen molar-refractivity contribution in [2.24, 2.45) is 5.73 Å². The number of nitrogens with two attached hydrogens (primary N) is 1. The Bertz CT molecular complexity index is 271. The molecule has 1 atom stereocenters. The van der Waals surface area contributed by atoms with Crippen LogP contribution in [0.15, 0.2) is 11.4 Å². The molecule has 0 radical (unpaired) electrons. The number of alkyl halides is 3. The molecule has 0 saturated heterocycles. The molecule has 2 N–H and O–H groups in total. The summed E-state index contributed by atoms with van der Waals surface area (Å²) in [7, 11) is 0.